The first-order valence-electron chi connectivity index (χ1n) is 9.23. The second-order valence-electron chi connectivity index (χ2n) is 7.38. The third-order valence-corrected chi connectivity index (χ3v) is 6.73. The van der Waals surface area contributed by atoms with Crippen molar-refractivity contribution in [3.63, 3.8) is 0 Å². The van der Waals surface area contributed by atoms with Crippen molar-refractivity contribution < 1.29 is 9.59 Å². The van der Waals surface area contributed by atoms with Gasteiger partial charge in [-0.1, -0.05) is 19.3 Å². The van der Waals surface area contributed by atoms with E-state index in [1.165, 1.54) is 43.4 Å². The number of anilines is 1. The van der Waals surface area contributed by atoms with Crippen molar-refractivity contribution in [2.24, 2.45) is 11.8 Å². The number of piperidine rings is 1. The van der Waals surface area contributed by atoms with Gasteiger partial charge in [-0.05, 0) is 31.1 Å². The lowest BCUT2D eigenvalue weighted by atomic mass is 9.75. The van der Waals surface area contributed by atoms with Gasteiger partial charge >= 0.3 is 0 Å². The van der Waals surface area contributed by atoms with E-state index in [0.717, 1.165) is 42.8 Å². The van der Waals surface area contributed by atoms with Crippen LogP contribution in [0.5, 0.6) is 0 Å². The lowest BCUT2D eigenvalue weighted by Crippen LogP contribution is -2.45. The number of aromatic nitrogens is 1. The standard InChI is InChI=1S/C18H25N3O2S/c22-16-6-3-8-21(16)18-19-15(12-24-18)10-17(23)20-9-7-13-4-1-2-5-14(13)11-20/h12-14H,1-11H2/t13-,14-/m1/s1. The Morgan fingerprint density at radius 3 is 2.79 bits per heavy atom. The molecule has 0 radical (unpaired) electrons. The molecule has 5 nitrogen and oxygen atoms in total. The number of nitrogens with zero attached hydrogens (tertiary/aromatic N) is 3. The van der Waals surface area contributed by atoms with E-state index in [-0.39, 0.29) is 11.8 Å². The number of fused-ring (bicyclic) bond motifs is 1. The van der Waals surface area contributed by atoms with Gasteiger partial charge in [0, 0.05) is 31.4 Å². The monoisotopic (exact) mass is 347 g/mol. The molecule has 6 heteroatoms. The predicted molar refractivity (Wildman–Crippen MR) is 94.1 cm³/mol. The van der Waals surface area contributed by atoms with E-state index in [0.29, 0.717) is 18.8 Å². The molecule has 3 fully saturated rings. The van der Waals surface area contributed by atoms with Crippen LogP contribution in [-0.4, -0.2) is 41.3 Å². The number of thiazole rings is 1. The molecule has 2 saturated heterocycles. The fraction of sp³-hybridized carbons (Fsp3) is 0.722. The second kappa shape index (κ2) is 6.82. The molecule has 0 N–H and O–H groups in total. The minimum absolute atomic E-state index is 0.154. The highest BCUT2D eigenvalue weighted by Crippen LogP contribution is 2.36. The Bertz CT molecular complexity index is 630. The molecule has 0 aromatic carbocycles. The van der Waals surface area contributed by atoms with Gasteiger partial charge in [-0.2, -0.15) is 0 Å². The highest BCUT2D eigenvalue weighted by atomic mass is 32.1. The van der Waals surface area contributed by atoms with E-state index < -0.39 is 0 Å². The maximum atomic E-state index is 12.6. The van der Waals surface area contributed by atoms with Crippen LogP contribution < -0.4 is 4.90 Å². The van der Waals surface area contributed by atoms with E-state index in [9.17, 15) is 9.59 Å². The van der Waals surface area contributed by atoms with Gasteiger partial charge in [0.05, 0.1) is 12.1 Å². The summed E-state index contributed by atoms with van der Waals surface area (Å²) in [7, 11) is 0. The van der Waals surface area contributed by atoms with Gasteiger partial charge in [0.15, 0.2) is 5.13 Å². The van der Waals surface area contributed by atoms with Crippen LogP contribution in [0.25, 0.3) is 0 Å². The summed E-state index contributed by atoms with van der Waals surface area (Å²) in [6.45, 7) is 2.60. The summed E-state index contributed by atoms with van der Waals surface area (Å²) in [5.41, 5.74) is 0.811. The Balaban J connectivity index is 1.36. The molecule has 130 valence electrons. The summed E-state index contributed by atoms with van der Waals surface area (Å²) in [6.07, 6.45) is 8.39. The molecule has 3 aliphatic rings. The summed E-state index contributed by atoms with van der Waals surface area (Å²) in [5.74, 6) is 1.91. The molecular formula is C18H25N3O2S. The third-order valence-electron chi connectivity index (χ3n) is 5.82. The van der Waals surface area contributed by atoms with Crippen LogP contribution >= 0.6 is 11.3 Å². The highest BCUT2D eigenvalue weighted by molar-refractivity contribution is 7.14. The Morgan fingerprint density at radius 2 is 2.00 bits per heavy atom. The summed E-state index contributed by atoms with van der Waals surface area (Å²) in [4.78, 5) is 32.8. The lowest BCUT2D eigenvalue weighted by molar-refractivity contribution is -0.133. The van der Waals surface area contributed by atoms with E-state index in [2.05, 4.69) is 4.98 Å². The van der Waals surface area contributed by atoms with Gasteiger partial charge in [-0.3, -0.25) is 14.5 Å². The van der Waals surface area contributed by atoms with Crippen molar-refractivity contribution in [3.8, 4) is 0 Å². The number of carbonyl (C=O) groups excluding carboxylic acids is 2. The van der Waals surface area contributed by atoms with E-state index in [4.69, 9.17) is 0 Å². The molecule has 1 aromatic rings. The van der Waals surface area contributed by atoms with Crippen LogP contribution in [0.4, 0.5) is 5.13 Å². The van der Waals surface area contributed by atoms with Crippen LogP contribution in [0, 0.1) is 11.8 Å². The van der Waals surface area contributed by atoms with Crippen LogP contribution in [0.1, 0.15) is 50.6 Å². The summed E-state index contributed by atoms with van der Waals surface area (Å²) < 4.78 is 0. The quantitative estimate of drug-likeness (QED) is 0.845. The molecule has 2 amide bonds. The molecule has 24 heavy (non-hydrogen) atoms. The molecule has 1 saturated carbocycles. The van der Waals surface area contributed by atoms with Gasteiger partial charge < -0.3 is 4.90 Å². The van der Waals surface area contributed by atoms with Crippen LogP contribution in [0.2, 0.25) is 0 Å². The van der Waals surface area contributed by atoms with Crippen molar-refractivity contribution in [2.75, 3.05) is 24.5 Å². The fourth-order valence-electron chi connectivity index (χ4n) is 4.45. The maximum Gasteiger partial charge on any atom is 0.228 e. The Hall–Kier alpha value is -1.43. The van der Waals surface area contributed by atoms with Crippen molar-refractivity contribution in [3.05, 3.63) is 11.1 Å². The van der Waals surface area contributed by atoms with Crippen molar-refractivity contribution >= 4 is 28.3 Å². The lowest BCUT2D eigenvalue weighted by Gasteiger charge is -2.41. The first kappa shape index (κ1) is 16.1. The predicted octanol–water partition coefficient (Wildman–Crippen LogP) is 2.85. The molecule has 0 spiro atoms. The topological polar surface area (TPSA) is 53.5 Å². The molecule has 0 unspecified atom stereocenters. The fourth-order valence-corrected chi connectivity index (χ4v) is 5.31. The molecular weight excluding hydrogens is 322 g/mol. The van der Waals surface area contributed by atoms with Crippen molar-refractivity contribution in [1.82, 2.24) is 9.88 Å². The number of rotatable bonds is 3. The normalized spacial score (nSPS) is 27.4. The minimum Gasteiger partial charge on any atom is -0.342 e. The molecule has 1 aromatic heterocycles. The van der Waals surface area contributed by atoms with Crippen LogP contribution in [0.15, 0.2) is 5.38 Å². The van der Waals surface area contributed by atoms with Gasteiger partial charge in [-0.15, -0.1) is 11.3 Å². The zero-order valence-electron chi connectivity index (χ0n) is 14.1. The molecule has 0 bridgehead atoms. The van der Waals surface area contributed by atoms with E-state index >= 15 is 0 Å². The molecule has 1 aliphatic carbocycles. The average molecular weight is 347 g/mol. The largest absolute Gasteiger partial charge is 0.342 e. The zero-order chi connectivity index (χ0) is 16.5. The van der Waals surface area contributed by atoms with E-state index in [1.807, 2.05) is 10.3 Å². The Morgan fingerprint density at radius 1 is 1.17 bits per heavy atom. The van der Waals surface area contributed by atoms with Gasteiger partial charge in [0.2, 0.25) is 11.8 Å². The first-order chi connectivity index (χ1) is 11.7. The van der Waals surface area contributed by atoms with Crippen LogP contribution in [0.3, 0.4) is 0 Å². The van der Waals surface area contributed by atoms with Crippen molar-refractivity contribution in [2.45, 2.75) is 51.4 Å². The first-order valence-corrected chi connectivity index (χ1v) is 10.1. The van der Waals surface area contributed by atoms with E-state index in [1.54, 1.807) is 4.90 Å². The number of carbonyl (C=O) groups is 2. The summed E-state index contributed by atoms with van der Waals surface area (Å²) >= 11 is 1.48. The molecule has 4 rings (SSSR count). The molecule has 3 heterocycles. The summed E-state index contributed by atoms with van der Waals surface area (Å²) in [5, 5.41) is 2.69. The molecule has 2 atom stereocenters. The third kappa shape index (κ3) is 3.21. The SMILES string of the molecule is O=C(Cc1csc(N2CCCC2=O)n1)N1CC[C@H]2CCCC[C@@H]2C1. The molecule has 2 aliphatic heterocycles. The smallest absolute Gasteiger partial charge is 0.228 e. The number of hydrogen-bond donors (Lipinski definition) is 0. The average Bonchev–Trinajstić information content (AvgIpc) is 3.23. The highest BCUT2D eigenvalue weighted by Gasteiger charge is 2.33. The Labute approximate surface area is 147 Å². The number of hydrogen-bond acceptors (Lipinski definition) is 4. The number of amides is 2. The van der Waals surface area contributed by atoms with Gasteiger partial charge in [0.25, 0.3) is 0 Å². The number of likely N-dealkylation sites (tertiary alicyclic amines) is 1. The minimum atomic E-state index is 0.154. The van der Waals surface area contributed by atoms with Crippen molar-refractivity contribution in [1.29, 1.82) is 0 Å². The van der Waals surface area contributed by atoms with Gasteiger partial charge in [0.1, 0.15) is 0 Å². The second-order valence-corrected chi connectivity index (χ2v) is 8.22. The maximum absolute atomic E-state index is 12.6. The van der Waals surface area contributed by atoms with Gasteiger partial charge in [-0.25, -0.2) is 4.98 Å². The zero-order valence-corrected chi connectivity index (χ0v) is 14.9. The Kier molecular flexibility index (Phi) is 4.57. The summed E-state index contributed by atoms with van der Waals surface area (Å²) in [6, 6.07) is 0. The van der Waals surface area contributed by atoms with Crippen LogP contribution in [-0.2, 0) is 16.0 Å².